The van der Waals surface area contributed by atoms with Crippen LogP contribution in [0.15, 0.2) is 48.5 Å². The fourth-order valence-electron chi connectivity index (χ4n) is 12.6. The van der Waals surface area contributed by atoms with Crippen LogP contribution in [0, 0.1) is 0 Å². The molecule has 0 N–H and O–H groups in total. The summed E-state index contributed by atoms with van der Waals surface area (Å²) in [6, 6.07) is 16.1. The maximum absolute atomic E-state index is 12.5. The fourth-order valence-corrected chi connectivity index (χ4v) is 12.6. The number of aryl methyl sites for hydroxylation is 6. The number of nitrogens with zero attached hydrogens (tertiary/aromatic N) is 8. The molecule has 6 aromatic rings. The molecule has 0 saturated heterocycles. The average molecular weight is 1430 g/mol. The van der Waals surface area contributed by atoms with Gasteiger partial charge in [-0.05, 0) is 209 Å². The van der Waals surface area contributed by atoms with Crippen LogP contribution in [0.25, 0.3) is 104 Å². The van der Waals surface area contributed by atoms with Crippen molar-refractivity contribution in [1.29, 1.82) is 0 Å². The molecular formula is C76H82N8O12Zn2. The third-order valence-electron chi connectivity index (χ3n) is 17.8. The van der Waals surface area contributed by atoms with Crippen LogP contribution in [0.3, 0.4) is 0 Å². The Kier molecular flexibility index (Phi) is 28.1. The molecule has 0 aliphatic carbocycles. The number of carbonyl (C=O) groups is 6. The Morgan fingerprint density at radius 3 is 0.612 bits per heavy atom. The molecule has 20 nitrogen and oxygen atoms in total. The van der Waals surface area contributed by atoms with Crippen molar-refractivity contribution in [2.24, 2.45) is 0 Å². The number of hydrogen-bond acceptors (Lipinski definition) is 16. The van der Waals surface area contributed by atoms with Gasteiger partial charge in [-0.1, -0.05) is 48.5 Å². The molecule has 0 unspecified atom stereocenters. The Labute approximate surface area is 596 Å². The van der Waals surface area contributed by atoms with Crippen molar-refractivity contribution < 1.29 is 96.1 Å². The summed E-state index contributed by atoms with van der Waals surface area (Å²) in [4.78, 5) is 118. The molecule has 22 heteroatoms. The zero-order chi connectivity index (χ0) is 67.5. The predicted octanol–water partition coefficient (Wildman–Crippen LogP) is 13.1. The normalized spacial score (nSPS) is 11.9. The van der Waals surface area contributed by atoms with Gasteiger partial charge in [-0.3, -0.25) is 28.8 Å². The second-order valence-electron chi connectivity index (χ2n) is 24.0. The Balaban J connectivity index is 0.00000612. The van der Waals surface area contributed by atoms with Gasteiger partial charge in [0.2, 0.25) is 0 Å². The van der Waals surface area contributed by atoms with Gasteiger partial charge in [0, 0.05) is 38.5 Å². The smallest absolute Gasteiger partial charge is 0.657 e. The Morgan fingerprint density at radius 1 is 0.255 bits per heavy atom. The first-order valence-corrected chi connectivity index (χ1v) is 33.3. The molecule has 0 fully saturated rings. The van der Waals surface area contributed by atoms with Crippen LogP contribution in [0.2, 0.25) is 0 Å². The molecule has 16 bridgehead atoms. The number of ether oxygens (including phenoxy) is 6. The first-order valence-electron chi connectivity index (χ1n) is 33.3. The van der Waals surface area contributed by atoms with Crippen molar-refractivity contribution in [2.75, 3.05) is 42.7 Å². The van der Waals surface area contributed by atoms with Gasteiger partial charge in [0.15, 0.2) is 0 Å². The van der Waals surface area contributed by atoms with E-state index in [0.717, 1.165) is 78.2 Å². The molecule has 0 saturated carbocycles. The third-order valence-corrected chi connectivity index (χ3v) is 17.8. The van der Waals surface area contributed by atoms with E-state index in [1.54, 1.807) is 0 Å². The first-order chi connectivity index (χ1) is 46.8. The summed E-state index contributed by atoms with van der Waals surface area (Å²) >= 11 is 0. The maximum Gasteiger partial charge on any atom is 2.00 e. The molecule has 6 aromatic heterocycles. The van der Waals surface area contributed by atoms with Crippen LogP contribution < -0.4 is 19.9 Å². The standard InChI is InChI=1S/C76H82N8O12.2Zn/c1-91-69(85)25-13-7-19-47-53-31-35-57(77-53)49(21-9-15-27-71(87)93-3)61-39-43-65(81-61)75(66-44-40-62(82-66)50(58-36-32-54(47)78-58)22-10-16-28-72(88)94-4)76-67-45-41-63(83-67)51(23-11-17-29-73(89)95-5)59-37-33-55(79-59)48(20-8-14-26-70(86)92-2)56-34-38-60(80-56)52(64-42-46-68(76)84-64)24-12-18-30-74(90)96-6;;/h31-46H,7-30H2,1-6H3;;/q-4;2*+2. The maximum atomic E-state index is 12.5. The van der Waals surface area contributed by atoms with Gasteiger partial charge in [0.25, 0.3) is 0 Å². The van der Waals surface area contributed by atoms with Gasteiger partial charge >= 0.3 is 74.8 Å². The number of hydrogen-bond donors (Lipinski definition) is 0. The van der Waals surface area contributed by atoms with Crippen LogP contribution in [0.4, 0.5) is 0 Å². The van der Waals surface area contributed by atoms with Crippen molar-refractivity contribution in [2.45, 2.75) is 154 Å². The van der Waals surface area contributed by atoms with E-state index in [1.165, 1.54) is 42.7 Å². The topological polar surface area (TPSA) is 266 Å². The fraction of sp³-hybridized carbons (Fsp3) is 0.395. The summed E-state index contributed by atoms with van der Waals surface area (Å²) in [5, 5.41) is 0. The summed E-state index contributed by atoms with van der Waals surface area (Å²) in [5.74, 6) is -1.71. The summed E-state index contributed by atoms with van der Waals surface area (Å²) in [6.07, 6.45) is 28.2. The van der Waals surface area contributed by atoms with Crippen molar-refractivity contribution in [1.82, 2.24) is 39.9 Å². The molecular weight excluding hydrogens is 1350 g/mol. The predicted molar refractivity (Wildman–Crippen MR) is 370 cm³/mol. The second kappa shape index (κ2) is 36.7. The van der Waals surface area contributed by atoms with Gasteiger partial charge < -0.3 is 48.4 Å². The second-order valence-corrected chi connectivity index (χ2v) is 24.0. The number of fused-ring (bicyclic) bond motifs is 16. The van der Waals surface area contributed by atoms with Crippen molar-refractivity contribution in [3.8, 4) is 11.1 Å². The number of aromatic nitrogens is 8. The molecule has 502 valence electrons. The first kappa shape index (κ1) is 75.0. The van der Waals surface area contributed by atoms with E-state index in [2.05, 4.69) is 0 Å². The van der Waals surface area contributed by atoms with E-state index < -0.39 is 0 Å². The molecule has 4 aliphatic heterocycles. The van der Waals surface area contributed by atoms with Crippen molar-refractivity contribution in [3.05, 3.63) is 127 Å². The monoisotopic (exact) mass is 1430 g/mol. The van der Waals surface area contributed by atoms with E-state index in [9.17, 15) is 28.8 Å². The Bertz CT molecular complexity index is 4080. The van der Waals surface area contributed by atoms with E-state index in [-0.39, 0.29) is 113 Å². The van der Waals surface area contributed by atoms with E-state index in [4.69, 9.17) is 68.3 Å². The molecule has 0 aromatic carbocycles. The van der Waals surface area contributed by atoms with E-state index >= 15 is 0 Å². The molecule has 0 atom stereocenters. The van der Waals surface area contributed by atoms with Gasteiger partial charge in [0.1, 0.15) is 0 Å². The minimum absolute atomic E-state index is 0. The van der Waals surface area contributed by atoms with Crippen LogP contribution in [-0.2, 0) is 135 Å². The average Bonchev–Trinajstić information content (AvgIpc) is 1.64. The molecule has 0 amide bonds. The molecule has 98 heavy (non-hydrogen) atoms. The van der Waals surface area contributed by atoms with Crippen LogP contribution >= 0.6 is 0 Å². The molecule has 10 heterocycles. The zero-order valence-corrected chi connectivity index (χ0v) is 63.0. The van der Waals surface area contributed by atoms with E-state index in [1.807, 2.05) is 97.1 Å². The summed E-state index contributed by atoms with van der Waals surface area (Å²) in [6.45, 7) is 0. The largest absolute Gasteiger partial charge is 2.00 e. The van der Waals surface area contributed by atoms with Gasteiger partial charge in [0.05, 0.1) is 88.2 Å². The minimum Gasteiger partial charge on any atom is -0.657 e. The van der Waals surface area contributed by atoms with Gasteiger partial charge in [-0.15, -0.1) is 44.1 Å². The SMILES string of the molecule is COC(=O)CCCCc1c2nc(c(CCCCC(=O)OC)c3ccc([n-]3)c(-c3c4nc(c(CCCCC(=O)OC)c5ccc([n-]5)c(CCCCC(=O)OC)c5nc(c(CCCCC(=O)OC)c6ccc3[n-]6)C=C5)C=C4)c3nc(c(CCCCC(=O)OC)c4ccc1[n-]4)C=C3)C=C2.[Zn+2].[Zn+2]. The summed E-state index contributed by atoms with van der Waals surface area (Å²) in [5.41, 5.74) is 17.5. The summed E-state index contributed by atoms with van der Waals surface area (Å²) < 4.78 is 30.1. The molecule has 0 radical (unpaired) electrons. The molecule has 10 rings (SSSR count). The quantitative estimate of drug-likeness (QED) is 0.0169. The minimum atomic E-state index is -0.290. The summed E-state index contributed by atoms with van der Waals surface area (Å²) in [7, 11) is 8.36. The number of methoxy groups -OCH3 is 6. The Morgan fingerprint density at radius 2 is 0.418 bits per heavy atom. The van der Waals surface area contributed by atoms with Crippen molar-refractivity contribution >= 4 is 129 Å². The number of esters is 6. The van der Waals surface area contributed by atoms with E-state index in [0.29, 0.717) is 172 Å². The number of carbonyl (C=O) groups excluding carboxylic acids is 6. The van der Waals surface area contributed by atoms with Crippen LogP contribution in [0.1, 0.15) is 195 Å². The Hall–Kier alpha value is -8.73. The van der Waals surface area contributed by atoms with Crippen molar-refractivity contribution in [3.63, 3.8) is 0 Å². The van der Waals surface area contributed by atoms with Gasteiger partial charge in [-0.2, -0.15) is 0 Å². The molecule has 4 aliphatic rings. The molecule has 0 spiro atoms. The van der Waals surface area contributed by atoms with Gasteiger partial charge in [-0.25, -0.2) is 19.9 Å². The van der Waals surface area contributed by atoms with Crippen LogP contribution in [0.5, 0.6) is 0 Å². The number of rotatable bonds is 31. The third kappa shape index (κ3) is 18.9. The zero-order valence-electron chi connectivity index (χ0n) is 57.1. The number of unbranched alkanes of at least 4 members (excludes halogenated alkanes) is 6. The van der Waals surface area contributed by atoms with Crippen LogP contribution in [-0.4, -0.2) is 98.4 Å².